The van der Waals surface area contributed by atoms with E-state index in [-0.39, 0.29) is 0 Å². The normalized spacial score (nSPS) is 15.7. The summed E-state index contributed by atoms with van der Waals surface area (Å²) >= 11 is 0. The van der Waals surface area contributed by atoms with Crippen LogP contribution in [-0.2, 0) is 0 Å². The number of nitrogens with zero attached hydrogens (tertiary/aromatic N) is 7. The SMILES string of the molecule is Cc1ncc(N)cc1-n1cc(-c2cncc(N3CCCN(C)CC3)c2)nn1. The fourth-order valence-electron chi connectivity index (χ4n) is 3.33. The lowest BCUT2D eigenvalue weighted by molar-refractivity contribution is 0.360. The minimum atomic E-state index is 0.599. The van der Waals surface area contributed by atoms with Crippen molar-refractivity contribution in [1.82, 2.24) is 29.9 Å². The number of nitrogens with two attached hydrogens (primary N) is 1. The number of aryl methyl sites for hydroxylation is 1. The second-order valence-corrected chi connectivity index (χ2v) is 7.00. The van der Waals surface area contributed by atoms with Gasteiger partial charge in [-0.1, -0.05) is 5.21 Å². The van der Waals surface area contributed by atoms with Gasteiger partial charge in [-0.2, -0.15) is 0 Å². The molecule has 1 aliphatic heterocycles. The van der Waals surface area contributed by atoms with Crippen molar-refractivity contribution in [3.63, 3.8) is 0 Å². The first kappa shape index (κ1) is 17.4. The van der Waals surface area contributed by atoms with Gasteiger partial charge in [-0.3, -0.25) is 9.97 Å². The highest BCUT2D eigenvalue weighted by molar-refractivity contribution is 5.63. The molecule has 1 saturated heterocycles. The number of hydrogen-bond donors (Lipinski definition) is 1. The second-order valence-electron chi connectivity index (χ2n) is 7.00. The minimum absolute atomic E-state index is 0.599. The molecule has 27 heavy (non-hydrogen) atoms. The van der Waals surface area contributed by atoms with Crippen molar-refractivity contribution in [2.24, 2.45) is 0 Å². The number of likely N-dealkylation sites (N-methyl/N-ethyl adjacent to an activating group) is 1. The second kappa shape index (κ2) is 7.32. The number of pyridine rings is 2. The van der Waals surface area contributed by atoms with Crippen LogP contribution in [0.15, 0.2) is 36.9 Å². The minimum Gasteiger partial charge on any atom is -0.397 e. The van der Waals surface area contributed by atoms with Crippen LogP contribution in [0.25, 0.3) is 16.9 Å². The van der Waals surface area contributed by atoms with E-state index in [0.717, 1.165) is 60.9 Å². The molecule has 3 aromatic heterocycles. The Morgan fingerprint density at radius 2 is 1.93 bits per heavy atom. The van der Waals surface area contributed by atoms with Crippen molar-refractivity contribution >= 4 is 11.4 Å². The first-order chi connectivity index (χ1) is 13.1. The van der Waals surface area contributed by atoms with Crippen LogP contribution in [-0.4, -0.2) is 63.1 Å². The zero-order valence-corrected chi connectivity index (χ0v) is 15.7. The molecule has 3 aromatic rings. The topological polar surface area (TPSA) is 89.0 Å². The van der Waals surface area contributed by atoms with E-state index >= 15 is 0 Å². The average molecular weight is 364 g/mol. The molecule has 0 saturated carbocycles. The third-order valence-electron chi connectivity index (χ3n) is 4.93. The van der Waals surface area contributed by atoms with Crippen molar-refractivity contribution in [2.45, 2.75) is 13.3 Å². The Bertz CT molecular complexity index is 935. The van der Waals surface area contributed by atoms with Gasteiger partial charge < -0.3 is 15.5 Å². The summed E-state index contributed by atoms with van der Waals surface area (Å²) in [5.74, 6) is 0. The molecule has 0 aromatic carbocycles. The fourth-order valence-corrected chi connectivity index (χ4v) is 3.33. The predicted molar refractivity (Wildman–Crippen MR) is 106 cm³/mol. The standard InChI is InChI=1S/C19H24N8/c1-14-19(9-16(20)11-22-14)27-13-18(23-24-27)15-8-17(12-21-10-15)26-5-3-4-25(2)6-7-26/h8-13H,3-7,20H2,1-2H3. The van der Waals surface area contributed by atoms with E-state index in [1.54, 1.807) is 10.9 Å². The fraction of sp³-hybridized carbons (Fsp3) is 0.368. The average Bonchev–Trinajstić information content (AvgIpc) is 3.06. The van der Waals surface area contributed by atoms with Crippen LogP contribution >= 0.6 is 0 Å². The maximum atomic E-state index is 5.86. The molecule has 0 aliphatic carbocycles. The highest BCUT2D eigenvalue weighted by Crippen LogP contribution is 2.24. The number of hydrogen-bond acceptors (Lipinski definition) is 7. The van der Waals surface area contributed by atoms with Crippen molar-refractivity contribution in [1.29, 1.82) is 0 Å². The first-order valence-electron chi connectivity index (χ1n) is 9.14. The molecule has 0 atom stereocenters. The summed E-state index contributed by atoms with van der Waals surface area (Å²) in [4.78, 5) is 13.5. The van der Waals surface area contributed by atoms with Crippen LogP contribution in [0.4, 0.5) is 11.4 Å². The van der Waals surface area contributed by atoms with Crippen LogP contribution in [0.5, 0.6) is 0 Å². The summed E-state index contributed by atoms with van der Waals surface area (Å²) in [6.07, 6.45) is 8.43. The Hall–Kier alpha value is -3.00. The molecule has 4 heterocycles. The van der Waals surface area contributed by atoms with E-state index in [2.05, 4.69) is 43.2 Å². The predicted octanol–water partition coefficient (Wildman–Crippen LogP) is 1.76. The molecule has 8 heteroatoms. The molecule has 2 N–H and O–H groups in total. The van der Waals surface area contributed by atoms with E-state index in [1.165, 1.54) is 0 Å². The van der Waals surface area contributed by atoms with Gasteiger partial charge in [-0.25, -0.2) is 4.68 Å². The zero-order chi connectivity index (χ0) is 18.8. The van der Waals surface area contributed by atoms with Crippen molar-refractivity contribution in [3.05, 3.63) is 42.6 Å². The molecule has 1 aliphatic rings. The lowest BCUT2D eigenvalue weighted by atomic mass is 10.2. The molecule has 0 unspecified atom stereocenters. The van der Waals surface area contributed by atoms with Gasteiger partial charge in [0.2, 0.25) is 0 Å². The summed E-state index contributed by atoms with van der Waals surface area (Å²) in [5.41, 5.74) is 11.0. The lowest BCUT2D eigenvalue weighted by Crippen LogP contribution is -2.28. The van der Waals surface area contributed by atoms with Gasteiger partial charge in [0.05, 0.1) is 41.3 Å². The summed E-state index contributed by atoms with van der Waals surface area (Å²) in [5, 5.41) is 8.58. The van der Waals surface area contributed by atoms with E-state index in [1.807, 2.05) is 31.6 Å². The molecular formula is C19H24N8. The molecule has 1 fully saturated rings. The first-order valence-corrected chi connectivity index (χ1v) is 9.14. The van der Waals surface area contributed by atoms with E-state index in [0.29, 0.717) is 5.69 Å². The highest BCUT2D eigenvalue weighted by atomic mass is 15.4. The summed E-state index contributed by atoms with van der Waals surface area (Å²) in [7, 11) is 2.17. The molecule has 0 bridgehead atoms. The van der Waals surface area contributed by atoms with Crippen LogP contribution < -0.4 is 10.6 Å². The van der Waals surface area contributed by atoms with Crippen LogP contribution in [0, 0.1) is 6.92 Å². The third kappa shape index (κ3) is 3.75. The van der Waals surface area contributed by atoms with Gasteiger partial charge in [0.15, 0.2) is 0 Å². The Labute approximate surface area is 158 Å². The van der Waals surface area contributed by atoms with Crippen LogP contribution in [0.3, 0.4) is 0 Å². The van der Waals surface area contributed by atoms with Gasteiger partial charge in [0.1, 0.15) is 5.69 Å². The molecule has 4 rings (SSSR count). The van der Waals surface area contributed by atoms with E-state index in [4.69, 9.17) is 5.73 Å². The third-order valence-corrected chi connectivity index (χ3v) is 4.93. The molecule has 0 spiro atoms. The van der Waals surface area contributed by atoms with E-state index < -0.39 is 0 Å². The quantitative estimate of drug-likeness (QED) is 0.757. The molecule has 0 radical (unpaired) electrons. The number of rotatable bonds is 3. The molecule has 140 valence electrons. The van der Waals surface area contributed by atoms with Crippen LogP contribution in [0.1, 0.15) is 12.1 Å². The smallest absolute Gasteiger partial charge is 0.115 e. The molecule has 8 nitrogen and oxygen atoms in total. The maximum absolute atomic E-state index is 5.86. The monoisotopic (exact) mass is 364 g/mol. The van der Waals surface area contributed by atoms with E-state index in [9.17, 15) is 0 Å². The largest absolute Gasteiger partial charge is 0.397 e. The lowest BCUT2D eigenvalue weighted by Gasteiger charge is -2.22. The summed E-state index contributed by atoms with van der Waals surface area (Å²) < 4.78 is 1.71. The van der Waals surface area contributed by atoms with Gasteiger partial charge in [-0.05, 0) is 39.1 Å². The summed E-state index contributed by atoms with van der Waals surface area (Å²) in [6, 6.07) is 3.99. The number of aromatic nitrogens is 5. The Balaban J connectivity index is 1.61. The Kier molecular flexibility index (Phi) is 4.72. The number of nitrogen functional groups attached to an aromatic ring is 1. The van der Waals surface area contributed by atoms with Gasteiger partial charge in [0, 0.05) is 31.4 Å². The Morgan fingerprint density at radius 3 is 2.81 bits per heavy atom. The van der Waals surface area contributed by atoms with Crippen molar-refractivity contribution < 1.29 is 0 Å². The van der Waals surface area contributed by atoms with Gasteiger partial charge in [-0.15, -0.1) is 5.10 Å². The van der Waals surface area contributed by atoms with Gasteiger partial charge >= 0.3 is 0 Å². The number of anilines is 2. The van der Waals surface area contributed by atoms with Crippen molar-refractivity contribution in [3.8, 4) is 16.9 Å². The highest BCUT2D eigenvalue weighted by Gasteiger charge is 2.15. The van der Waals surface area contributed by atoms with Crippen molar-refractivity contribution in [2.75, 3.05) is 43.9 Å². The molecule has 0 amide bonds. The maximum Gasteiger partial charge on any atom is 0.115 e. The molecular weight excluding hydrogens is 340 g/mol. The summed E-state index contributed by atoms with van der Waals surface area (Å²) in [6.45, 7) is 6.15. The van der Waals surface area contributed by atoms with Crippen LogP contribution in [0.2, 0.25) is 0 Å². The zero-order valence-electron chi connectivity index (χ0n) is 15.7. The van der Waals surface area contributed by atoms with Gasteiger partial charge in [0.25, 0.3) is 0 Å². The Morgan fingerprint density at radius 1 is 1.04 bits per heavy atom.